The van der Waals surface area contributed by atoms with Crippen LogP contribution in [0.25, 0.3) is 5.70 Å². The number of hydrogen-bond acceptors (Lipinski definition) is 7. The zero-order valence-electron chi connectivity index (χ0n) is 13.7. The van der Waals surface area contributed by atoms with E-state index in [-0.39, 0.29) is 12.2 Å². The Kier molecular flexibility index (Phi) is 5.57. The molecule has 0 saturated carbocycles. The summed E-state index contributed by atoms with van der Waals surface area (Å²) in [5, 5.41) is 2.93. The lowest BCUT2D eigenvalue weighted by Crippen LogP contribution is -2.42. The molecular formula is C17H19NO6. The van der Waals surface area contributed by atoms with E-state index in [0.717, 1.165) is 0 Å². The van der Waals surface area contributed by atoms with Crippen molar-refractivity contribution in [3.63, 3.8) is 0 Å². The fraction of sp³-hybridized carbons (Fsp3) is 0.353. The Morgan fingerprint density at radius 2 is 1.71 bits per heavy atom. The number of methoxy groups -OCH3 is 2. The van der Waals surface area contributed by atoms with E-state index in [1.165, 1.54) is 14.2 Å². The van der Waals surface area contributed by atoms with Gasteiger partial charge in [-0.25, -0.2) is 9.59 Å². The second-order valence-electron chi connectivity index (χ2n) is 5.02. The van der Waals surface area contributed by atoms with Crippen molar-refractivity contribution in [1.29, 1.82) is 0 Å². The van der Waals surface area contributed by atoms with Crippen molar-refractivity contribution < 1.29 is 28.6 Å². The van der Waals surface area contributed by atoms with Gasteiger partial charge in [0, 0.05) is 0 Å². The average Bonchev–Trinajstić information content (AvgIpc) is 3.02. The van der Waals surface area contributed by atoms with E-state index in [4.69, 9.17) is 14.2 Å². The Bertz CT molecular complexity index is 667. The Hall–Kier alpha value is -2.83. The molecule has 1 aliphatic rings. The fourth-order valence-corrected chi connectivity index (χ4v) is 2.63. The lowest BCUT2D eigenvalue weighted by atomic mass is 9.93. The van der Waals surface area contributed by atoms with E-state index in [0.29, 0.717) is 11.3 Å². The van der Waals surface area contributed by atoms with E-state index in [2.05, 4.69) is 5.32 Å². The SMILES string of the molecule is CCOC(=O)C1NC(c2ccccc2)=C(C(=O)OC)C1C(=O)OC. The Balaban J connectivity index is 2.56. The fourth-order valence-electron chi connectivity index (χ4n) is 2.63. The monoisotopic (exact) mass is 333 g/mol. The summed E-state index contributed by atoms with van der Waals surface area (Å²) in [6.45, 7) is 1.81. The molecule has 0 fully saturated rings. The Labute approximate surface area is 139 Å². The van der Waals surface area contributed by atoms with E-state index in [1.807, 2.05) is 6.07 Å². The highest BCUT2D eigenvalue weighted by Gasteiger charge is 2.48. The zero-order chi connectivity index (χ0) is 17.7. The summed E-state index contributed by atoms with van der Waals surface area (Å²) in [6, 6.07) is 7.84. The Morgan fingerprint density at radius 3 is 2.25 bits per heavy atom. The molecule has 1 aliphatic heterocycles. The van der Waals surface area contributed by atoms with Crippen LogP contribution in [0.3, 0.4) is 0 Å². The van der Waals surface area contributed by atoms with Crippen LogP contribution in [0.15, 0.2) is 35.9 Å². The lowest BCUT2D eigenvalue weighted by molar-refractivity contribution is -0.154. The van der Waals surface area contributed by atoms with Crippen LogP contribution in [0.4, 0.5) is 0 Å². The third-order valence-electron chi connectivity index (χ3n) is 3.68. The molecule has 7 heteroatoms. The molecule has 2 rings (SSSR count). The number of carbonyl (C=O) groups excluding carboxylic acids is 3. The van der Waals surface area contributed by atoms with Crippen molar-refractivity contribution in [2.75, 3.05) is 20.8 Å². The van der Waals surface area contributed by atoms with Crippen molar-refractivity contribution in [1.82, 2.24) is 5.32 Å². The van der Waals surface area contributed by atoms with E-state index < -0.39 is 29.9 Å². The van der Waals surface area contributed by atoms with E-state index >= 15 is 0 Å². The highest BCUT2D eigenvalue weighted by Crippen LogP contribution is 2.34. The van der Waals surface area contributed by atoms with Gasteiger partial charge in [-0.2, -0.15) is 0 Å². The molecule has 1 N–H and O–H groups in total. The molecule has 0 amide bonds. The van der Waals surface area contributed by atoms with Crippen LogP contribution in [0, 0.1) is 5.92 Å². The van der Waals surface area contributed by atoms with Gasteiger partial charge in [0.1, 0.15) is 12.0 Å². The molecule has 0 bridgehead atoms. The molecule has 7 nitrogen and oxygen atoms in total. The summed E-state index contributed by atoms with van der Waals surface area (Å²) >= 11 is 0. The van der Waals surface area contributed by atoms with Crippen molar-refractivity contribution in [3.05, 3.63) is 41.5 Å². The average molecular weight is 333 g/mol. The minimum atomic E-state index is -1.14. The molecular weight excluding hydrogens is 314 g/mol. The number of rotatable bonds is 5. The van der Waals surface area contributed by atoms with Gasteiger partial charge in [0.15, 0.2) is 0 Å². The summed E-state index contributed by atoms with van der Waals surface area (Å²) in [5.41, 5.74) is 1.06. The minimum absolute atomic E-state index is 0.0496. The molecule has 0 aromatic heterocycles. The van der Waals surface area contributed by atoms with Gasteiger partial charge in [-0.15, -0.1) is 0 Å². The standard InChI is InChI=1S/C17H19NO6/c1-4-24-17(21)14-12(16(20)23-3)11(15(19)22-2)13(18-14)10-8-6-5-7-9-10/h5-9,12,14,18H,4H2,1-3H3. The molecule has 2 unspecified atom stereocenters. The summed E-state index contributed by atoms with van der Waals surface area (Å²) in [6.07, 6.45) is 0. The highest BCUT2D eigenvalue weighted by molar-refractivity contribution is 6.07. The van der Waals surface area contributed by atoms with Gasteiger partial charge in [0.05, 0.1) is 32.1 Å². The summed E-state index contributed by atoms with van der Waals surface area (Å²) < 4.78 is 14.6. The van der Waals surface area contributed by atoms with Gasteiger partial charge in [-0.1, -0.05) is 30.3 Å². The summed E-state index contributed by atoms with van der Waals surface area (Å²) in [5.74, 6) is -3.20. The maximum absolute atomic E-state index is 12.3. The summed E-state index contributed by atoms with van der Waals surface area (Å²) in [4.78, 5) is 36.7. The number of benzene rings is 1. The Morgan fingerprint density at radius 1 is 1.04 bits per heavy atom. The largest absolute Gasteiger partial charge is 0.468 e. The maximum atomic E-state index is 12.3. The van der Waals surface area contributed by atoms with Gasteiger partial charge < -0.3 is 19.5 Å². The van der Waals surface area contributed by atoms with E-state index in [1.54, 1.807) is 31.2 Å². The number of ether oxygens (including phenoxy) is 3. The van der Waals surface area contributed by atoms with Gasteiger partial charge in [-0.05, 0) is 12.5 Å². The molecule has 128 valence electrons. The molecule has 24 heavy (non-hydrogen) atoms. The molecule has 0 saturated heterocycles. The van der Waals surface area contributed by atoms with Gasteiger partial charge in [-0.3, -0.25) is 4.79 Å². The van der Waals surface area contributed by atoms with Crippen LogP contribution >= 0.6 is 0 Å². The van der Waals surface area contributed by atoms with Crippen LogP contribution in [-0.2, 0) is 28.6 Å². The highest BCUT2D eigenvalue weighted by atomic mass is 16.5. The quantitative estimate of drug-likeness (QED) is 0.632. The molecule has 0 aliphatic carbocycles. The predicted molar refractivity (Wildman–Crippen MR) is 84.4 cm³/mol. The summed E-state index contributed by atoms with van der Waals surface area (Å²) in [7, 11) is 2.41. The van der Waals surface area contributed by atoms with Crippen LogP contribution in [0.2, 0.25) is 0 Å². The first kappa shape index (κ1) is 17.5. The van der Waals surface area contributed by atoms with Gasteiger partial charge in [0.2, 0.25) is 0 Å². The molecule has 1 heterocycles. The predicted octanol–water partition coefficient (Wildman–Crippen LogP) is 0.895. The van der Waals surface area contributed by atoms with Gasteiger partial charge >= 0.3 is 17.9 Å². The first-order valence-corrected chi connectivity index (χ1v) is 7.44. The number of hydrogen-bond donors (Lipinski definition) is 1. The minimum Gasteiger partial charge on any atom is -0.468 e. The molecule has 1 aromatic rings. The normalized spacial score (nSPS) is 19.5. The van der Waals surface area contributed by atoms with Crippen molar-refractivity contribution in [2.45, 2.75) is 13.0 Å². The lowest BCUT2D eigenvalue weighted by Gasteiger charge is -2.18. The van der Waals surface area contributed by atoms with Crippen molar-refractivity contribution >= 4 is 23.6 Å². The van der Waals surface area contributed by atoms with Crippen LogP contribution < -0.4 is 5.32 Å². The molecule has 1 aromatic carbocycles. The number of esters is 3. The number of carbonyl (C=O) groups is 3. The van der Waals surface area contributed by atoms with Crippen molar-refractivity contribution in [2.24, 2.45) is 5.92 Å². The third-order valence-corrected chi connectivity index (χ3v) is 3.68. The topological polar surface area (TPSA) is 90.9 Å². The van der Waals surface area contributed by atoms with Crippen LogP contribution in [0.1, 0.15) is 12.5 Å². The van der Waals surface area contributed by atoms with E-state index in [9.17, 15) is 14.4 Å². The molecule has 0 spiro atoms. The van der Waals surface area contributed by atoms with Gasteiger partial charge in [0.25, 0.3) is 0 Å². The van der Waals surface area contributed by atoms with Crippen molar-refractivity contribution in [3.8, 4) is 0 Å². The smallest absolute Gasteiger partial charge is 0.336 e. The van der Waals surface area contributed by atoms with Crippen LogP contribution in [0.5, 0.6) is 0 Å². The zero-order valence-corrected chi connectivity index (χ0v) is 13.7. The second kappa shape index (κ2) is 7.63. The van der Waals surface area contributed by atoms with Crippen LogP contribution in [-0.4, -0.2) is 44.8 Å². The second-order valence-corrected chi connectivity index (χ2v) is 5.02. The molecule has 2 atom stereocenters. The first-order chi connectivity index (χ1) is 11.5. The maximum Gasteiger partial charge on any atom is 0.336 e. The number of nitrogens with one attached hydrogen (secondary N) is 1. The first-order valence-electron chi connectivity index (χ1n) is 7.44. The molecule has 0 radical (unpaired) electrons. The third kappa shape index (κ3) is 3.24.